The second kappa shape index (κ2) is 4.56. The number of nitrogen functional groups attached to an aromatic ring is 2. The van der Waals surface area contributed by atoms with Crippen molar-refractivity contribution in [2.75, 3.05) is 18.1 Å². The maximum atomic E-state index is 10.1. The number of H-pyrrole nitrogens is 1. The molecule has 0 amide bonds. The zero-order valence-electron chi connectivity index (χ0n) is 10.5. The van der Waals surface area contributed by atoms with E-state index in [0.29, 0.717) is 16.6 Å². The average Bonchev–Trinajstić information content (AvgIpc) is 2.93. The molecule has 3 rings (SSSR count). The van der Waals surface area contributed by atoms with Crippen LogP contribution in [0.3, 0.4) is 0 Å². The monoisotopic (exact) mass is 280 g/mol. The van der Waals surface area contributed by atoms with Crippen molar-refractivity contribution in [2.24, 2.45) is 0 Å². The first-order valence-corrected chi connectivity index (χ1v) is 6.16. The number of rotatable bonds is 2. The number of hydrogen-bond acceptors (Lipinski definition) is 8. The summed E-state index contributed by atoms with van der Waals surface area (Å²) in [5, 5.41) is 32.1. The van der Waals surface area contributed by atoms with Crippen molar-refractivity contribution in [1.29, 1.82) is 0 Å². The van der Waals surface area contributed by atoms with Crippen LogP contribution in [0.5, 0.6) is 0 Å². The highest BCUT2D eigenvalue weighted by atomic mass is 16.3. The molecular weight excluding hydrogens is 264 g/mol. The van der Waals surface area contributed by atoms with E-state index in [1.54, 1.807) is 6.20 Å². The molecule has 4 atom stereocenters. The van der Waals surface area contributed by atoms with E-state index in [1.165, 1.54) is 0 Å². The third-order valence-corrected chi connectivity index (χ3v) is 3.63. The Bertz CT molecular complexity index is 644. The number of aromatic nitrogens is 3. The van der Waals surface area contributed by atoms with Crippen LogP contribution in [-0.4, -0.2) is 55.1 Å². The normalized spacial score (nSPS) is 30.1. The number of nitrogens with zero attached hydrogens (tertiary/aromatic N) is 2. The van der Waals surface area contributed by atoms with Gasteiger partial charge < -0.3 is 37.1 Å². The molecule has 2 aromatic rings. The second-order valence-electron chi connectivity index (χ2n) is 4.85. The Morgan fingerprint density at radius 1 is 1.20 bits per heavy atom. The van der Waals surface area contributed by atoms with E-state index in [9.17, 15) is 10.2 Å². The molecule has 0 aromatic carbocycles. The Morgan fingerprint density at radius 2 is 1.95 bits per heavy atom. The van der Waals surface area contributed by atoms with Crippen LogP contribution < -0.4 is 16.8 Å². The molecular formula is C11H16N6O3. The lowest BCUT2D eigenvalue weighted by Crippen LogP contribution is -2.35. The minimum Gasteiger partial charge on any atom is -0.395 e. The molecule has 0 unspecified atom stereocenters. The number of nitrogens with two attached hydrogens (primary N) is 2. The molecule has 20 heavy (non-hydrogen) atoms. The quantitative estimate of drug-likeness (QED) is 0.327. The summed E-state index contributed by atoms with van der Waals surface area (Å²) in [5.41, 5.74) is 12.9. The zero-order chi connectivity index (χ0) is 14.4. The van der Waals surface area contributed by atoms with Crippen molar-refractivity contribution in [2.45, 2.75) is 24.3 Å². The Morgan fingerprint density at radius 3 is 2.60 bits per heavy atom. The summed E-state index contributed by atoms with van der Waals surface area (Å²) in [4.78, 5) is 10.9. The van der Waals surface area contributed by atoms with Crippen LogP contribution in [0.4, 0.5) is 11.8 Å². The summed E-state index contributed by atoms with van der Waals surface area (Å²) >= 11 is 0. The van der Waals surface area contributed by atoms with Gasteiger partial charge in [0.15, 0.2) is 5.82 Å². The van der Waals surface area contributed by atoms with Gasteiger partial charge in [-0.1, -0.05) is 0 Å². The summed E-state index contributed by atoms with van der Waals surface area (Å²) in [7, 11) is 0. The van der Waals surface area contributed by atoms with Crippen molar-refractivity contribution in [3.63, 3.8) is 0 Å². The summed E-state index contributed by atoms with van der Waals surface area (Å²) in [6.07, 6.45) is -0.502. The third kappa shape index (κ3) is 1.79. The van der Waals surface area contributed by atoms with Crippen molar-refractivity contribution < 1.29 is 15.3 Å². The van der Waals surface area contributed by atoms with Crippen molar-refractivity contribution in [1.82, 2.24) is 20.3 Å². The van der Waals surface area contributed by atoms with Gasteiger partial charge in [-0.3, -0.25) is 0 Å². The Kier molecular flexibility index (Phi) is 2.98. The number of aromatic amines is 1. The number of hydrogen-bond donors (Lipinski definition) is 7. The number of fused-ring (bicyclic) bond motifs is 1. The van der Waals surface area contributed by atoms with Gasteiger partial charge in [0.25, 0.3) is 0 Å². The van der Waals surface area contributed by atoms with Crippen LogP contribution in [0.2, 0.25) is 0 Å². The molecule has 1 aliphatic heterocycles. The standard InChI is InChI=1S/C11H16N6O3/c12-10-7-5(16-11(13)17-10)3(1-14-7)6-9(20)8(19)4(2-18)15-6/h1,4,6,8-9,14-15,18-20H,2H2,(H4,12,13,16,17)/t4-,6+,8-,9+/m1/s1. The van der Waals surface area contributed by atoms with Crippen LogP contribution >= 0.6 is 0 Å². The molecule has 1 saturated heterocycles. The third-order valence-electron chi connectivity index (χ3n) is 3.63. The van der Waals surface area contributed by atoms with Crippen LogP contribution in [0.15, 0.2) is 6.20 Å². The maximum Gasteiger partial charge on any atom is 0.222 e. The molecule has 9 N–H and O–H groups in total. The number of aliphatic hydroxyl groups excluding tert-OH is 3. The number of anilines is 2. The van der Waals surface area contributed by atoms with E-state index in [4.69, 9.17) is 16.6 Å². The smallest absolute Gasteiger partial charge is 0.222 e. The van der Waals surface area contributed by atoms with Gasteiger partial charge in [0.1, 0.15) is 17.1 Å². The minimum absolute atomic E-state index is 0.0302. The predicted octanol–water partition coefficient (Wildman–Crippen LogP) is -2.15. The van der Waals surface area contributed by atoms with E-state index in [1.807, 2.05) is 0 Å². The number of aliphatic hydroxyl groups is 3. The molecule has 108 valence electrons. The lowest BCUT2D eigenvalue weighted by molar-refractivity contribution is 0.0196. The van der Waals surface area contributed by atoms with Crippen molar-refractivity contribution in [3.05, 3.63) is 11.8 Å². The van der Waals surface area contributed by atoms with Gasteiger partial charge in [-0.15, -0.1) is 0 Å². The van der Waals surface area contributed by atoms with Crippen molar-refractivity contribution >= 4 is 22.8 Å². The predicted molar refractivity (Wildman–Crippen MR) is 71.5 cm³/mol. The second-order valence-corrected chi connectivity index (χ2v) is 4.85. The molecule has 3 heterocycles. The van der Waals surface area contributed by atoms with Crippen LogP contribution in [0.1, 0.15) is 11.6 Å². The Labute approximate surface area is 113 Å². The fourth-order valence-electron chi connectivity index (χ4n) is 2.60. The van der Waals surface area contributed by atoms with Crippen LogP contribution in [0.25, 0.3) is 11.0 Å². The molecule has 0 bridgehead atoms. The lowest BCUT2D eigenvalue weighted by atomic mass is 10.0. The Hall–Kier alpha value is -1.94. The van der Waals surface area contributed by atoms with Crippen molar-refractivity contribution in [3.8, 4) is 0 Å². The van der Waals surface area contributed by atoms with E-state index in [-0.39, 0.29) is 18.4 Å². The van der Waals surface area contributed by atoms with E-state index < -0.39 is 24.3 Å². The van der Waals surface area contributed by atoms with E-state index in [2.05, 4.69) is 20.3 Å². The van der Waals surface area contributed by atoms with Gasteiger partial charge >= 0.3 is 0 Å². The molecule has 0 saturated carbocycles. The Balaban J connectivity index is 2.07. The van der Waals surface area contributed by atoms with Gasteiger partial charge in [-0.25, -0.2) is 4.98 Å². The topological polar surface area (TPSA) is 166 Å². The molecule has 1 aliphatic rings. The highest BCUT2D eigenvalue weighted by Gasteiger charge is 2.42. The summed E-state index contributed by atoms with van der Waals surface area (Å²) in [6.45, 7) is -0.281. The molecule has 9 nitrogen and oxygen atoms in total. The molecule has 0 spiro atoms. The highest BCUT2D eigenvalue weighted by Crippen LogP contribution is 2.32. The summed E-state index contributed by atoms with van der Waals surface area (Å²) in [5.74, 6) is 0.244. The first kappa shape index (κ1) is 13.1. The summed E-state index contributed by atoms with van der Waals surface area (Å²) < 4.78 is 0. The molecule has 9 heteroatoms. The van der Waals surface area contributed by atoms with Crippen LogP contribution in [-0.2, 0) is 0 Å². The largest absolute Gasteiger partial charge is 0.395 e. The first-order valence-electron chi connectivity index (χ1n) is 6.16. The molecule has 2 aromatic heterocycles. The van der Waals surface area contributed by atoms with Gasteiger partial charge in [-0.2, -0.15) is 4.98 Å². The SMILES string of the molecule is Nc1nc(N)c2[nH]cc([C@@H]3N[C@H](CO)[C@@H](O)[C@H]3O)c2n1. The van der Waals surface area contributed by atoms with Crippen LogP contribution in [0, 0.1) is 0 Å². The maximum absolute atomic E-state index is 10.1. The highest BCUT2D eigenvalue weighted by molar-refractivity contribution is 5.88. The van der Waals surface area contributed by atoms with Gasteiger partial charge in [-0.05, 0) is 0 Å². The van der Waals surface area contributed by atoms with E-state index >= 15 is 0 Å². The zero-order valence-corrected chi connectivity index (χ0v) is 10.5. The minimum atomic E-state index is -1.07. The van der Waals surface area contributed by atoms with Gasteiger partial charge in [0.2, 0.25) is 5.95 Å². The molecule has 0 aliphatic carbocycles. The first-order chi connectivity index (χ1) is 9.52. The lowest BCUT2D eigenvalue weighted by Gasteiger charge is -2.14. The number of nitrogens with one attached hydrogen (secondary N) is 2. The summed E-state index contributed by atoms with van der Waals surface area (Å²) in [6, 6.07) is -1.18. The van der Waals surface area contributed by atoms with E-state index in [0.717, 1.165) is 0 Å². The molecule has 0 radical (unpaired) electrons. The molecule has 1 fully saturated rings. The fourth-order valence-corrected chi connectivity index (χ4v) is 2.60. The van der Waals surface area contributed by atoms with Gasteiger partial charge in [0.05, 0.1) is 24.8 Å². The average molecular weight is 280 g/mol. The fraction of sp³-hybridized carbons (Fsp3) is 0.455. The van der Waals surface area contributed by atoms with Gasteiger partial charge in [0, 0.05) is 11.8 Å².